The van der Waals surface area contributed by atoms with Gasteiger partial charge < -0.3 is 14.6 Å². The van der Waals surface area contributed by atoms with Crippen LogP contribution in [0.15, 0.2) is 18.2 Å². The molecule has 1 rings (SSSR count). The van der Waals surface area contributed by atoms with Crippen LogP contribution in [0.5, 0.6) is 11.5 Å². The molecule has 4 heteroatoms. The molecule has 0 aliphatic carbocycles. The van der Waals surface area contributed by atoms with E-state index >= 15 is 0 Å². The van der Waals surface area contributed by atoms with Gasteiger partial charge in [-0.05, 0) is 18.2 Å². The minimum Gasteiger partial charge on any atom is -0.497 e. The second-order valence-electron chi connectivity index (χ2n) is 2.97. The van der Waals surface area contributed by atoms with Gasteiger partial charge in [-0.25, -0.2) is 0 Å². The highest BCUT2D eigenvalue weighted by Crippen LogP contribution is 2.29. The van der Waals surface area contributed by atoms with Gasteiger partial charge in [0.25, 0.3) is 0 Å². The lowest BCUT2D eigenvalue weighted by Gasteiger charge is -2.12. The quantitative estimate of drug-likeness (QED) is 0.808. The van der Waals surface area contributed by atoms with E-state index in [-0.39, 0.29) is 6.61 Å². The number of methoxy groups -OCH3 is 2. The van der Waals surface area contributed by atoms with Crippen molar-refractivity contribution in [1.82, 2.24) is 0 Å². The molecular weight excluding hydrogens is 194 g/mol. The molecule has 15 heavy (non-hydrogen) atoms. The van der Waals surface area contributed by atoms with Crippen LogP contribution in [-0.4, -0.2) is 25.9 Å². The maximum absolute atomic E-state index is 9.04. The number of hydrogen-bond donors (Lipinski definition) is 1. The first-order chi connectivity index (χ1) is 7.26. The molecular formula is C11H13NO3. The fourth-order valence-corrected chi connectivity index (χ4v) is 1.32. The Hall–Kier alpha value is -1.73. The van der Waals surface area contributed by atoms with E-state index in [0.717, 1.165) is 0 Å². The lowest BCUT2D eigenvalue weighted by atomic mass is 10.0. The molecule has 0 saturated heterocycles. The van der Waals surface area contributed by atoms with Crippen LogP contribution in [0.2, 0.25) is 0 Å². The zero-order valence-electron chi connectivity index (χ0n) is 8.73. The fraction of sp³-hybridized carbons (Fsp3) is 0.364. The molecule has 1 atom stereocenters. The van der Waals surface area contributed by atoms with Gasteiger partial charge in [-0.2, -0.15) is 5.26 Å². The minimum absolute atomic E-state index is 0.236. The van der Waals surface area contributed by atoms with E-state index < -0.39 is 5.92 Å². The van der Waals surface area contributed by atoms with Crippen molar-refractivity contribution in [2.45, 2.75) is 5.92 Å². The third kappa shape index (κ3) is 2.39. The number of aliphatic hydroxyl groups excluding tert-OH is 1. The van der Waals surface area contributed by atoms with Gasteiger partial charge in [0.05, 0.1) is 32.8 Å². The number of rotatable bonds is 4. The molecule has 80 valence electrons. The largest absolute Gasteiger partial charge is 0.497 e. The van der Waals surface area contributed by atoms with Crippen LogP contribution < -0.4 is 9.47 Å². The van der Waals surface area contributed by atoms with Crippen molar-refractivity contribution in [3.05, 3.63) is 23.8 Å². The Morgan fingerprint density at radius 3 is 2.60 bits per heavy atom. The van der Waals surface area contributed by atoms with E-state index in [9.17, 15) is 0 Å². The number of ether oxygens (including phenoxy) is 2. The summed E-state index contributed by atoms with van der Waals surface area (Å²) in [5.74, 6) is 0.631. The second kappa shape index (κ2) is 5.23. The van der Waals surface area contributed by atoms with Crippen LogP contribution in [0.3, 0.4) is 0 Å². The van der Waals surface area contributed by atoms with Crippen molar-refractivity contribution in [3.63, 3.8) is 0 Å². The van der Waals surface area contributed by atoms with E-state index in [1.54, 1.807) is 25.3 Å². The molecule has 0 radical (unpaired) electrons. The summed E-state index contributed by atoms with van der Waals surface area (Å²) < 4.78 is 10.2. The molecule has 0 bridgehead atoms. The van der Waals surface area contributed by atoms with Gasteiger partial charge in [-0.1, -0.05) is 0 Å². The predicted molar refractivity (Wildman–Crippen MR) is 55.0 cm³/mol. The molecule has 1 aromatic rings. The van der Waals surface area contributed by atoms with E-state index in [0.29, 0.717) is 17.1 Å². The Morgan fingerprint density at radius 2 is 2.13 bits per heavy atom. The SMILES string of the molecule is COc1ccc(OC)c(C(C#N)CO)c1. The summed E-state index contributed by atoms with van der Waals surface area (Å²) in [5, 5.41) is 17.9. The number of benzene rings is 1. The zero-order valence-corrected chi connectivity index (χ0v) is 8.73. The van der Waals surface area contributed by atoms with Crippen molar-refractivity contribution in [1.29, 1.82) is 5.26 Å². The zero-order chi connectivity index (χ0) is 11.3. The fourth-order valence-electron chi connectivity index (χ4n) is 1.32. The first-order valence-corrected chi connectivity index (χ1v) is 4.49. The Bertz CT molecular complexity index is 371. The highest BCUT2D eigenvalue weighted by Gasteiger charge is 2.15. The van der Waals surface area contributed by atoms with Crippen molar-refractivity contribution >= 4 is 0 Å². The summed E-state index contributed by atoms with van der Waals surface area (Å²) in [6, 6.07) is 7.17. The van der Waals surface area contributed by atoms with Crippen molar-refractivity contribution in [2.75, 3.05) is 20.8 Å². The average molecular weight is 207 g/mol. The number of nitrogens with zero attached hydrogens (tertiary/aromatic N) is 1. The molecule has 0 aliphatic heterocycles. The molecule has 1 N–H and O–H groups in total. The molecule has 4 nitrogen and oxygen atoms in total. The lowest BCUT2D eigenvalue weighted by molar-refractivity contribution is 0.282. The summed E-state index contributed by atoms with van der Waals surface area (Å²) in [5.41, 5.74) is 0.641. The molecule has 0 aliphatic rings. The van der Waals surface area contributed by atoms with Crippen LogP contribution in [0.4, 0.5) is 0 Å². The third-order valence-corrected chi connectivity index (χ3v) is 2.15. The first-order valence-electron chi connectivity index (χ1n) is 4.49. The second-order valence-corrected chi connectivity index (χ2v) is 2.97. The van der Waals surface area contributed by atoms with Gasteiger partial charge in [-0.15, -0.1) is 0 Å². The van der Waals surface area contributed by atoms with Crippen LogP contribution >= 0.6 is 0 Å². The average Bonchev–Trinajstić information content (AvgIpc) is 2.30. The Labute approximate surface area is 88.7 Å². The summed E-state index contributed by atoms with van der Waals surface area (Å²) in [7, 11) is 3.07. The van der Waals surface area contributed by atoms with Gasteiger partial charge in [-0.3, -0.25) is 0 Å². The van der Waals surface area contributed by atoms with Crippen molar-refractivity contribution in [3.8, 4) is 17.6 Å². The minimum atomic E-state index is -0.588. The normalized spacial score (nSPS) is 11.6. The highest BCUT2D eigenvalue weighted by molar-refractivity contribution is 5.44. The molecule has 0 fully saturated rings. The number of hydrogen-bond acceptors (Lipinski definition) is 4. The molecule has 0 amide bonds. The molecule has 0 saturated carbocycles. The van der Waals surface area contributed by atoms with Crippen molar-refractivity contribution in [2.24, 2.45) is 0 Å². The standard InChI is InChI=1S/C11H13NO3/c1-14-9-3-4-11(15-2)10(5-9)8(6-12)7-13/h3-5,8,13H,7H2,1-2H3. The van der Waals surface area contributed by atoms with E-state index in [1.807, 2.05) is 6.07 Å². The van der Waals surface area contributed by atoms with Gasteiger partial charge in [0.15, 0.2) is 0 Å². The topological polar surface area (TPSA) is 62.5 Å². The van der Waals surface area contributed by atoms with Crippen LogP contribution in [-0.2, 0) is 0 Å². The monoisotopic (exact) mass is 207 g/mol. The maximum atomic E-state index is 9.04. The first kappa shape index (κ1) is 11.3. The van der Waals surface area contributed by atoms with Crippen molar-refractivity contribution < 1.29 is 14.6 Å². The summed E-state index contributed by atoms with van der Waals surface area (Å²) in [6.07, 6.45) is 0. The van der Waals surface area contributed by atoms with Crippen LogP contribution in [0.25, 0.3) is 0 Å². The Kier molecular flexibility index (Phi) is 3.95. The van der Waals surface area contributed by atoms with E-state index in [4.69, 9.17) is 19.8 Å². The number of nitriles is 1. The van der Waals surface area contributed by atoms with Gasteiger partial charge >= 0.3 is 0 Å². The summed E-state index contributed by atoms with van der Waals surface area (Å²) in [6.45, 7) is -0.236. The maximum Gasteiger partial charge on any atom is 0.123 e. The Balaban J connectivity index is 3.17. The van der Waals surface area contributed by atoms with Crippen LogP contribution in [0.1, 0.15) is 11.5 Å². The van der Waals surface area contributed by atoms with Gasteiger partial charge in [0.1, 0.15) is 11.5 Å². The van der Waals surface area contributed by atoms with E-state index in [1.165, 1.54) is 7.11 Å². The summed E-state index contributed by atoms with van der Waals surface area (Å²) >= 11 is 0. The van der Waals surface area contributed by atoms with Crippen LogP contribution in [0, 0.1) is 11.3 Å². The molecule has 0 spiro atoms. The molecule has 1 unspecified atom stereocenters. The number of aliphatic hydroxyl groups is 1. The van der Waals surface area contributed by atoms with E-state index in [2.05, 4.69) is 0 Å². The third-order valence-electron chi connectivity index (χ3n) is 2.15. The highest BCUT2D eigenvalue weighted by atomic mass is 16.5. The molecule has 1 aromatic carbocycles. The van der Waals surface area contributed by atoms with Gasteiger partial charge in [0, 0.05) is 5.56 Å². The molecule has 0 aromatic heterocycles. The predicted octanol–water partition coefficient (Wildman–Crippen LogP) is 1.30. The summed E-state index contributed by atoms with van der Waals surface area (Å²) in [4.78, 5) is 0. The Morgan fingerprint density at radius 1 is 1.40 bits per heavy atom. The molecule has 0 heterocycles. The van der Waals surface area contributed by atoms with Gasteiger partial charge in [0.2, 0.25) is 0 Å². The smallest absolute Gasteiger partial charge is 0.123 e. The lowest BCUT2D eigenvalue weighted by Crippen LogP contribution is -2.04.